The molecule has 0 spiro atoms. The third kappa shape index (κ3) is 3.73. The van der Waals surface area contributed by atoms with Crippen LogP contribution in [0.2, 0.25) is 0 Å². The van der Waals surface area contributed by atoms with Gasteiger partial charge in [-0.25, -0.2) is 0 Å². The fourth-order valence-electron chi connectivity index (χ4n) is 2.16. The molecule has 0 amide bonds. The Balaban J connectivity index is 2.06. The zero-order valence-electron chi connectivity index (χ0n) is 12.5. The van der Waals surface area contributed by atoms with Crippen molar-refractivity contribution in [1.29, 1.82) is 0 Å². The van der Waals surface area contributed by atoms with E-state index >= 15 is 0 Å². The molecule has 1 heterocycles. The SMILES string of the molecule is COc1ccc(CCC(=O)c2c(Br)cnn2C(C)C)cc1. The van der Waals surface area contributed by atoms with Crippen molar-refractivity contribution >= 4 is 21.7 Å². The van der Waals surface area contributed by atoms with Gasteiger partial charge in [0.15, 0.2) is 5.78 Å². The van der Waals surface area contributed by atoms with Crippen LogP contribution in [0.3, 0.4) is 0 Å². The molecule has 5 heteroatoms. The first-order valence-electron chi connectivity index (χ1n) is 6.92. The van der Waals surface area contributed by atoms with Gasteiger partial charge in [0, 0.05) is 12.5 Å². The number of ether oxygens (including phenoxy) is 1. The number of carbonyl (C=O) groups is 1. The van der Waals surface area contributed by atoms with E-state index in [2.05, 4.69) is 21.0 Å². The molecular formula is C16H19BrN2O2. The minimum atomic E-state index is 0.101. The van der Waals surface area contributed by atoms with E-state index in [-0.39, 0.29) is 11.8 Å². The standard InChI is InChI=1S/C16H19BrN2O2/c1-11(2)19-16(14(17)10-18-19)15(20)9-6-12-4-7-13(21-3)8-5-12/h4-5,7-8,10-11H,6,9H2,1-3H3. The second-order valence-electron chi connectivity index (χ2n) is 5.15. The summed E-state index contributed by atoms with van der Waals surface area (Å²) >= 11 is 3.41. The zero-order chi connectivity index (χ0) is 15.4. The van der Waals surface area contributed by atoms with Crippen LogP contribution in [0.15, 0.2) is 34.9 Å². The van der Waals surface area contributed by atoms with Gasteiger partial charge in [-0.3, -0.25) is 9.48 Å². The van der Waals surface area contributed by atoms with Gasteiger partial charge >= 0.3 is 0 Å². The van der Waals surface area contributed by atoms with Crippen molar-refractivity contribution in [2.45, 2.75) is 32.7 Å². The molecule has 2 rings (SSSR count). The number of carbonyl (C=O) groups excluding carboxylic acids is 1. The summed E-state index contributed by atoms with van der Waals surface area (Å²) < 4.78 is 7.65. The first-order chi connectivity index (χ1) is 10.0. The molecule has 112 valence electrons. The summed E-state index contributed by atoms with van der Waals surface area (Å²) in [6, 6.07) is 7.96. The van der Waals surface area contributed by atoms with Crippen molar-refractivity contribution in [3.05, 3.63) is 46.2 Å². The fraction of sp³-hybridized carbons (Fsp3) is 0.375. The van der Waals surface area contributed by atoms with E-state index in [1.54, 1.807) is 18.0 Å². The van der Waals surface area contributed by atoms with Crippen molar-refractivity contribution in [3.63, 3.8) is 0 Å². The summed E-state index contributed by atoms with van der Waals surface area (Å²) in [6.45, 7) is 4.03. The molecule has 4 nitrogen and oxygen atoms in total. The van der Waals surface area contributed by atoms with Crippen molar-refractivity contribution in [2.24, 2.45) is 0 Å². The molecule has 0 unspecified atom stereocenters. The highest BCUT2D eigenvalue weighted by molar-refractivity contribution is 9.10. The lowest BCUT2D eigenvalue weighted by Crippen LogP contribution is -2.13. The molecule has 0 saturated heterocycles. The Morgan fingerprint density at radius 1 is 1.33 bits per heavy atom. The van der Waals surface area contributed by atoms with Crippen molar-refractivity contribution in [3.8, 4) is 5.75 Å². The van der Waals surface area contributed by atoms with Gasteiger partial charge in [-0.05, 0) is 53.9 Å². The van der Waals surface area contributed by atoms with Gasteiger partial charge < -0.3 is 4.74 Å². The molecule has 0 saturated carbocycles. The quantitative estimate of drug-likeness (QED) is 0.738. The van der Waals surface area contributed by atoms with Crippen LogP contribution in [0.5, 0.6) is 5.75 Å². The molecule has 0 atom stereocenters. The molecule has 0 fully saturated rings. The van der Waals surface area contributed by atoms with Crippen LogP contribution in [0.1, 0.15) is 42.4 Å². The van der Waals surface area contributed by atoms with Crippen molar-refractivity contribution in [2.75, 3.05) is 7.11 Å². The van der Waals surface area contributed by atoms with Crippen LogP contribution in [0, 0.1) is 0 Å². The summed E-state index contributed by atoms with van der Waals surface area (Å²) in [5.74, 6) is 0.926. The molecule has 0 N–H and O–H groups in total. The normalized spacial score (nSPS) is 10.9. The Kier molecular flexibility index (Phi) is 5.17. The highest BCUT2D eigenvalue weighted by Crippen LogP contribution is 2.22. The van der Waals surface area contributed by atoms with Gasteiger partial charge in [-0.1, -0.05) is 12.1 Å². The Bertz CT molecular complexity index is 618. The molecule has 1 aromatic carbocycles. The topological polar surface area (TPSA) is 44.1 Å². The van der Waals surface area contributed by atoms with Crippen LogP contribution in [0.4, 0.5) is 0 Å². The predicted octanol–water partition coefficient (Wildman–Crippen LogP) is 4.05. The Morgan fingerprint density at radius 3 is 2.57 bits per heavy atom. The summed E-state index contributed by atoms with van der Waals surface area (Å²) in [6.07, 6.45) is 2.85. The lowest BCUT2D eigenvalue weighted by Gasteiger charge is -2.10. The molecule has 0 aliphatic carbocycles. The number of aromatic nitrogens is 2. The third-order valence-electron chi connectivity index (χ3n) is 3.30. The fourth-order valence-corrected chi connectivity index (χ4v) is 2.66. The van der Waals surface area contributed by atoms with Gasteiger partial charge in [0.2, 0.25) is 0 Å². The van der Waals surface area contributed by atoms with Gasteiger partial charge in [0.25, 0.3) is 0 Å². The number of methoxy groups -OCH3 is 1. The maximum absolute atomic E-state index is 12.4. The van der Waals surface area contributed by atoms with Crippen LogP contribution in [-0.2, 0) is 6.42 Å². The number of halogens is 1. The number of Topliss-reactive ketones (excluding diaryl/α,β-unsaturated/α-hetero) is 1. The predicted molar refractivity (Wildman–Crippen MR) is 86.0 cm³/mol. The smallest absolute Gasteiger partial charge is 0.182 e. The van der Waals surface area contributed by atoms with E-state index in [1.165, 1.54) is 0 Å². The van der Waals surface area contributed by atoms with E-state index < -0.39 is 0 Å². The summed E-state index contributed by atoms with van der Waals surface area (Å²) in [4.78, 5) is 12.4. The largest absolute Gasteiger partial charge is 0.497 e. The minimum Gasteiger partial charge on any atom is -0.497 e. The van der Waals surface area contributed by atoms with Gasteiger partial charge in [0.1, 0.15) is 11.4 Å². The molecule has 0 aliphatic heterocycles. The number of hydrogen-bond donors (Lipinski definition) is 0. The molecule has 21 heavy (non-hydrogen) atoms. The molecule has 0 aliphatic rings. The zero-order valence-corrected chi connectivity index (χ0v) is 14.1. The Hall–Kier alpha value is -1.62. The number of benzene rings is 1. The molecule has 1 aromatic heterocycles. The lowest BCUT2D eigenvalue weighted by atomic mass is 10.1. The summed E-state index contributed by atoms with van der Waals surface area (Å²) in [5, 5.41) is 4.25. The summed E-state index contributed by atoms with van der Waals surface area (Å²) in [5.41, 5.74) is 1.77. The maximum Gasteiger partial charge on any atom is 0.182 e. The average molecular weight is 351 g/mol. The van der Waals surface area contributed by atoms with E-state index in [9.17, 15) is 4.79 Å². The first kappa shape index (κ1) is 15.8. The van der Waals surface area contributed by atoms with E-state index in [0.717, 1.165) is 15.8 Å². The number of aryl methyl sites for hydroxylation is 1. The molecule has 0 radical (unpaired) electrons. The van der Waals surface area contributed by atoms with E-state index in [4.69, 9.17) is 4.74 Å². The van der Waals surface area contributed by atoms with Gasteiger partial charge in [-0.2, -0.15) is 5.10 Å². The molecule has 0 bridgehead atoms. The van der Waals surface area contributed by atoms with Crippen LogP contribution in [0.25, 0.3) is 0 Å². The van der Waals surface area contributed by atoms with Crippen LogP contribution < -0.4 is 4.74 Å². The third-order valence-corrected chi connectivity index (χ3v) is 3.88. The average Bonchev–Trinajstić information content (AvgIpc) is 2.87. The highest BCUT2D eigenvalue weighted by Gasteiger charge is 2.18. The first-order valence-corrected chi connectivity index (χ1v) is 7.71. The monoisotopic (exact) mass is 350 g/mol. The van der Waals surface area contributed by atoms with Crippen LogP contribution >= 0.6 is 15.9 Å². The van der Waals surface area contributed by atoms with Gasteiger partial charge in [0.05, 0.1) is 17.8 Å². The lowest BCUT2D eigenvalue weighted by molar-refractivity contribution is 0.0970. The van der Waals surface area contributed by atoms with Crippen LogP contribution in [-0.4, -0.2) is 22.7 Å². The number of ketones is 1. The van der Waals surface area contributed by atoms with Gasteiger partial charge in [-0.15, -0.1) is 0 Å². The number of hydrogen-bond acceptors (Lipinski definition) is 3. The number of rotatable bonds is 6. The second kappa shape index (κ2) is 6.89. The summed E-state index contributed by atoms with van der Waals surface area (Å²) in [7, 11) is 1.64. The molecule has 2 aromatic rings. The Labute approximate surface area is 133 Å². The van der Waals surface area contributed by atoms with Crippen molar-refractivity contribution in [1.82, 2.24) is 9.78 Å². The van der Waals surface area contributed by atoms with E-state index in [0.29, 0.717) is 18.5 Å². The second-order valence-corrected chi connectivity index (χ2v) is 6.01. The Morgan fingerprint density at radius 2 is 2.00 bits per heavy atom. The van der Waals surface area contributed by atoms with E-state index in [1.807, 2.05) is 38.1 Å². The minimum absolute atomic E-state index is 0.101. The highest BCUT2D eigenvalue weighted by atomic mass is 79.9. The van der Waals surface area contributed by atoms with Crippen molar-refractivity contribution < 1.29 is 9.53 Å². The maximum atomic E-state index is 12.4. The molecular weight excluding hydrogens is 332 g/mol. The number of nitrogens with zero attached hydrogens (tertiary/aromatic N) is 2.